The molecule has 5 rings (SSSR count). The molecule has 9 nitrogen and oxygen atoms in total. The molecular formula is C25H20ClF3N6O3S. The number of thiazole rings is 1. The molecule has 39 heavy (non-hydrogen) atoms. The van der Waals surface area contributed by atoms with Crippen molar-refractivity contribution in [3.63, 3.8) is 0 Å². The fraction of sp³-hybridized carbons (Fsp3) is 0.360. The van der Waals surface area contributed by atoms with Crippen molar-refractivity contribution >= 4 is 34.6 Å². The van der Waals surface area contributed by atoms with Crippen LogP contribution in [0.2, 0.25) is 5.02 Å². The number of carbonyl (C=O) groups excluding carboxylic acids is 1. The highest BCUT2D eigenvalue weighted by atomic mass is 35.5. The van der Waals surface area contributed by atoms with Crippen LogP contribution in [0, 0.1) is 11.3 Å². The number of amides is 1. The topological polar surface area (TPSA) is 114 Å². The number of likely N-dealkylation sites (tertiary alicyclic amines) is 1. The molecule has 1 saturated heterocycles. The van der Waals surface area contributed by atoms with Crippen LogP contribution in [-0.2, 0) is 15.8 Å². The van der Waals surface area contributed by atoms with Gasteiger partial charge in [-0.3, -0.25) is 4.79 Å². The van der Waals surface area contributed by atoms with E-state index in [1.165, 1.54) is 11.3 Å². The third kappa shape index (κ3) is 5.97. The summed E-state index contributed by atoms with van der Waals surface area (Å²) in [7, 11) is 0. The number of nitriles is 1. The number of ether oxygens (including phenoxy) is 1. The van der Waals surface area contributed by atoms with Crippen LogP contribution in [0.3, 0.4) is 0 Å². The minimum absolute atomic E-state index is 0.152. The number of oxime groups is 1. The second kappa shape index (κ2) is 11.2. The highest BCUT2D eigenvalue weighted by Gasteiger charge is 2.33. The molecule has 202 valence electrons. The molecule has 0 radical (unpaired) electrons. The molecule has 1 amide bonds. The second-order valence-corrected chi connectivity index (χ2v) is 10.2. The third-order valence-electron chi connectivity index (χ3n) is 6.45. The van der Waals surface area contributed by atoms with E-state index in [1.807, 2.05) is 5.38 Å². The summed E-state index contributed by atoms with van der Waals surface area (Å²) in [5.74, 6) is -0.266. The lowest BCUT2D eigenvalue weighted by atomic mass is 9.97. The lowest BCUT2D eigenvalue weighted by Crippen LogP contribution is -2.40. The Labute approximate surface area is 229 Å². The zero-order valence-electron chi connectivity index (χ0n) is 20.2. The van der Waals surface area contributed by atoms with Crippen molar-refractivity contribution < 1.29 is 27.5 Å². The van der Waals surface area contributed by atoms with E-state index < -0.39 is 18.0 Å². The highest BCUT2D eigenvalue weighted by Crippen LogP contribution is 2.37. The fourth-order valence-electron chi connectivity index (χ4n) is 4.40. The van der Waals surface area contributed by atoms with Gasteiger partial charge in [-0.25, -0.2) is 4.98 Å². The summed E-state index contributed by atoms with van der Waals surface area (Å²) in [6.07, 6.45) is -3.20. The van der Waals surface area contributed by atoms with Crippen LogP contribution in [0.25, 0.3) is 0 Å². The molecule has 1 unspecified atom stereocenters. The number of hydrogen-bond acceptors (Lipinski definition) is 9. The van der Waals surface area contributed by atoms with Gasteiger partial charge in [0.2, 0.25) is 5.88 Å². The van der Waals surface area contributed by atoms with Gasteiger partial charge in [-0.05, 0) is 31.0 Å². The van der Waals surface area contributed by atoms with Crippen molar-refractivity contribution in [3.05, 3.63) is 68.3 Å². The summed E-state index contributed by atoms with van der Waals surface area (Å²) >= 11 is 7.84. The number of alkyl halides is 3. The maximum atomic E-state index is 12.6. The van der Waals surface area contributed by atoms with E-state index in [0.717, 1.165) is 17.1 Å². The number of piperidine rings is 1. The molecule has 2 aromatic heterocycles. The Kier molecular flexibility index (Phi) is 7.67. The monoisotopic (exact) mass is 576 g/mol. The van der Waals surface area contributed by atoms with Gasteiger partial charge in [-0.1, -0.05) is 22.8 Å². The SMILES string of the molecule is N#Cc1cccc(Cl)c1C1CC(c2csc(C3CCN(C(=O)COc4ccc(C(F)(F)F)nn4)CC3)n2)=NO1. The van der Waals surface area contributed by atoms with Crippen LogP contribution < -0.4 is 4.74 Å². The van der Waals surface area contributed by atoms with Crippen LogP contribution in [0.4, 0.5) is 13.2 Å². The van der Waals surface area contributed by atoms with Gasteiger partial charge >= 0.3 is 6.18 Å². The van der Waals surface area contributed by atoms with Gasteiger partial charge in [0.25, 0.3) is 5.91 Å². The molecule has 3 aromatic rings. The number of halogens is 4. The first kappa shape index (κ1) is 26.8. The molecule has 0 N–H and O–H groups in total. The van der Waals surface area contributed by atoms with Gasteiger partial charge in [0, 0.05) is 47.5 Å². The second-order valence-electron chi connectivity index (χ2n) is 8.92. The molecule has 1 aromatic carbocycles. The molecular weight excluding hydrogens is 557 g/mol. The average Bonchev–Trinajstić information content (AvgIpc) is 3.62. The number of hydrogen-bond donors (Lipinski definition) is 0. The summed E-state index contributed by atoms with van der Waals surface area (Å²) in [5.41, 5.74) is 1.33. The molecule has 0 saturated carbocycles. The van der Waals surface area contributed by atoms with Crippen molar-refractivity contribution in [2.75, 3.05) is 19.7 Å². The zero-order valence-corrected chi connectivity index (χ0v) is 21.8. The van der Waals surface area contributed by atoms with Gasteiger partial charge in [-0.15, -0.1) is 21.5 Å². The van der Waals surface area contributed by atoms with Crippen molar-refractivity contribution in [2.24, 2.45) is 5.16 Å². The fourth-order valence-corrected chi connectivity index (χ4v) is 5.70. The molecule has 1 atom stereocenters. The maximum Gasteiger partial charge on any atom is 0.435 e. The predicted octanol–water partition coefficient (Wildman–Crippen LogP) is 5.13. The predicted molar refractivity (Wildman–Crippen MR) is 134 cm³/mol. The first-order chi connectivity index (χ1) is 18.7. The lowest BCUT2D eigenvalue weighted by Gasteiger charge is -2.31. The van der Waals surface area contributed by atoms with Crippen molar-refractivity contribution in [3.8, 4) is 11.9 Å². The Balaban J connectivity index is 1.12. The molecule has 0 aliphatic carbocycles. The minimum Gasteiger partial charge on any atom is -0.466 e. The molecule has 2 aliphatic heterocycles. The summed E-state index contributed by atoms with van der Waals surface area (Å²) in [6.45, 7) is 0.651. The summed E-state index contributed by atoms with van der Waals surface area (Å²) in [6, 6.07) is 9.05. The summed E-state index contributed by atoms with van der Waals surface area (Å²) in [5, 5.41) is 23.4. The Bertz CT molecular complexity index is 1430. The number of aromatic nitrogens is 3. The van der Waals surface area contributed by atoms with Crippen LogP contribution >= 0.6 is 22.9 Å². The van der Waals surface area contributed by atoms with Gasteiger partial charge in [-0.2, -0.15) is 18.4 Å². The van der Waals surface area contributed by atoms with Crippen molar-refractivity contribution in [2.45, 2.75) is 37.5 Å². The number of rotatable bonds is 6. The average molecular weight is 577 g/mol. The van der Waals surface area contributed by atoms with E-state index in [4.69, 9.17) is 26.2 Å². The third-order valence-corrected chi connectivity index (χ3v) is 7.79. The molecule has 1 fully saturated rings. The maximum absolute atomic E-state index is 12.6. The van der Waals surface area contributed by atoms with E-state index in [1.54, 1.807) is 23.1 Å². The van der Waals surface area contributed by atoms with E-state index in [0.29, 0.717) is 59.9 Å². The number of nitrogens with zero attached hydrogens (tertiary/aromatic N) is 6. The normalized spacial score (nSPS) is 17.9. The molecule has 2 aliphatic rings. The Hall–Kier alpha value is -3.76. The number of benzene rings is 1. The van der Waals surface area contributed by atoms with Crippen LogP contribution in [-0.4, -0.2) is 51.4 Å². The van der Waals surface area contributed by atoms with Crippen LogP contribution in [0.1, 0.15) is 58.8 Å². The van der Waals surface area contributed by atoms with Crippen molar-refractivity contribution in [1.29, 1.82) is 5.26 Å². The Morgan fingerprint density at radius 1 is 1.23 bits per heavy atom. The van der Waals surface area contributed by atoms with Gasteiger partial charge in [0.15, 0.2) is 18.4 Å². The van der Waals surface area contributed by atoms with Crippen LogP contribution in [0.5, 0.6) is 5.88 Å². The molecule has 4 heterocycles. The van der Waals surface area contributed by atoms with E-state index >= 15 is 0 Å². The minimum atomic E-state index is -4.59. The highest BCUT2D eigenvalue weighted by molar-refractivity contribution is 7.10. The Morgan fingerprint density at radius 2 is 2.03 bits per heavy atom. The zero-order chi connectivity index (χ0) is 27.6. The van der Waals surface area contributed by atoms with Gasteiger partial charge in [0.1, 0.15) is 5.71 Å². The standard InChI is InChI=1S/C25H20ClF3N6O3S/c26-16-3-1-2-15(11-30)23(16)19-10-17(34-38-19)18-13-39-24(31-18)14-6-8-35(9-7-14)22(36)12-37-21-5-4-20(32-33-21)25(27,28)29/h1-5,13-14,19H,6-10,12H2. The lowest BCUT2D eigenvalue weighted by molar-refractivity contribution is -0.142. The smallest absolute Gasteiger partial charge is 0.435 e. The van der Waals surface area contributed by atoms with Gasteiger partial charge < -0.3 is 14.5 Å². The van der Waals surface area contributed by atoms with Crippen LogP contribution in [0.15, 0.2) is 40.9 Å². The Morgan fingerprint density at radius 3 is 2.72 bits per heavy atom. The first-order valence-electron chi connectivity index (χ1n) is 11.9. The molecule has 0 bridgehead atoms. The first-order valence-corrected chi connectivity index (χ1v) is 13.2. The van der Waals surface area contributed by atoms with Crippen molar-refractivity contribution in [1.82, 2.24) is 20.1 Å². The number of carbonyl (C=O) groups is 1. The van der Waals surface area contributed by atoms with E-state index in [2.05, 4.69) is 21.4 Å². The molecule has 14 heteroatoms. The quantitative estimate of drug-likeness (QED) is 0.400. The largest absolute Gasteiger partial charge is 0.466 e. The summed E-state index contributed by atoms with van der Waals surface area (Å²) < 4.78 is 43.0. The van der Waals surface area contributed by atoms with E-state index in [-0.39, 0.29) is 24.3 Å². The van der Waals surface area contributed by atoms with E-state index in [9.17, 15) is 23.2 Å². The molecule has 0 spiro atoms. The summed E-state index contributed by atoms with van der Waals surface area (Å²) in [4.78, 5) is 24.6. The van der Waals surface area contributed by atoms with Gasteiger partial charge in [0.05, 0.1) is 22.3 Å².